The first kappa shape index (κ1) is 14.0. The molecule has 0 aliphatic carbocycles. The van der Waals surface area contributed by atoms with E-state index in [1.165, 1.54) is 0 Å². The molecule has 0 radical (unpaired) electrons. The molecule has 0 atom stereocenters. The summed E-state index contributed by atoms with van der Waals surface area (Å²) in [4.78, 5) is 0. The maximum atomic E-state index is 6.22. The molecule has 5 heteroatoms. The van der Waals surface area contributed by atoms with Gasteiger partial charge in [-0.05, 0) is 23.8 Å². The van der Waals surface area contributed by atoms with Crippen LogP contribution in [0, 0.1) is 0 Å². The smallest absolute Gasteiger partial charge is 0.0514 e. The third-order valence-corrected chi connectivity index (χ3v) is 3.67. The van der Waals surface area contributed by atoms with E-state index in [-0.39, 0.29) is 0 Å². The summed E-state index contributed by atoms with van der Waals surface area (Å²) in [5.41, 5.74) is 7.95. The van der Waals surface area contributed by atoms with Crippen molar-refractivity contribution in [1.29, 1.82) is 0 Å². The highest BCUT2D eigenvalue weighted by Crippen LogP contribution is 2.40. The molecular weight excluding hydrogens is 312 g/mol. The van der Waals surface area contributed by atoms with Gasteiger partial charge in [0.05, 0.1) is 10.0 Å². The molecule has 2 rings (SSSR count). The Morgan fingerprint density at radius 3 is 1.94 bits per heavy atom. The quantitative estimate of drug-likeness (QED) is 0.784. The van der Waals surface area contributed by atoms with Crippen LogP contribution in [-0.2, 0) is 6.54 Å². The van der Waals surface area contributed by atoms with Crippen LogP contribution in [0.15, 0.2) is 30.3 Å². The predicted molar refractivity (Wildman–Crippen MR) is 79.8 cm³/mol. The summed E-state index contributed by atoms with van der Waals surface area (Å²) in [6, 6.07) is 8.82. The van der Waals surface area contributed by atoms with Crippen LogP contribution < -0.4 is 5.73 Å². The molecule has 94 valence electrons. The van der Waals surface area contributed by atoms with Gasteiger partial charge < -0.3 is 5.73 Å². The van der Waals surface area contributed by atoms with Crippen molar-refractivity contribution in [2.75, 3.05) is 0 Å². The number of halogens is 4. The lowest BCUT2D eigenvalue weighted by Gasteiger charge is -2.11. The summed E-state index contributed by atoms with van der Waals surface area (Å²) in [5, 5.41) is 1.98. The molecule has 2 N–H and O–H groups in total. The van der Waals surface area contributed by atoms with E-state index in [9.17, 15) is 0 Å². The fraction of sp³-hybridized carbons (Fsp3) is 0.0769. The normalized spacial score (nSPS) is 10.7. The Kier molecular flexibility index (Phi) is 4.41. The Morgan fingerprint density at radius 2 is 1.44 bits per heavy atom. The second kappa shape index (κ2) is 5.68. The van der Waals surface area contributed by atoms with Gasteiger partial charge in [-0.15, -0.1) is 0 Å². The summed E-state index contributed by atoms with van der Waals surface area (Å²) < 4.78 is 0. The highest BCUT2D eigenvalue weighted by atomic mass is 35.5. The molecule has 2 aromatic carbocycles. The third-order valence-electron chi connectivity index (χ3n) is 2.55. The van der Waals surface area contributed by atoms with Crippen LogP contribution >= 0.6 is 46.4 Å². The van der Waals surface area contributed by atoms with Gasteiger partial charge in [0.1, 0.15) is 0 Å². The van der Waals surface area contributed by atoms with Crippen molar-refractivity contribution in [3.63, 3.8) is 0 Å². The van der Waals surface area contributed by atoms with E-state index in [1.54, 1.807) is 18.2 Å². The minimum absolute atomic E-state index is 0.433. The molecule has 0 fully saturated rings. The number of benzene rings is 2. The van der Waals surface area contributed by atoms with E-state index >= 15 is 0 Å². The molecule has 0 saturated carbocycles. The van der Waals surface area contributed by atoms with Gasteiger partial charge in [-0.25, -0.2) is 0 Å². The van der Waals surface area contributed by atoms with E-state index in [0.29, 0.717) is 32.2 Å². The van der Waals surface area contributed by atoms with E-state index in [1.807, 2.05) is 12.1 Å². The molecule has 0 aromatic heterocycles. The van der Waals surface area contributed by atoms with Gasteiger partial charge in [0, 0.05) is 27.7 Å². The SMILES string of the molecule is NCc1ccc(-c2c(Cl)cc(Cl)cc2Cl)c(Cl)c1. The van der Waals surface area contributed by atoms with Gasteiger partial charge in [-0.3, -0.25) is 0 Å². The van der Waals surface area contributed by atoms with Crippen LogP contribution in [0.1, 0.15) is 5.56 Å². The second-order valence-electron chi connectivity index (χ2n) is 3.76. The van der Waals surface area contributed by atoms with Gasteiger partial charge in [0.25, 0.3) is 0 Å². The van der Waals surface area contributed by atoms with Gasteiger partial charge >= 0.3 is 0 Å². The summed E-state index contributed by atoms with van der Waals surface area (Å²) in [6.45, 7) is 0.433. The molecule has 0 bridgehead atoms. The summed E-state index contributed by atoms with van der Waals surface area (Å²) in [5.74, 6) is 0. The Labute approximate surface area is 125 Å². The Hall–Kier alpha value is -0.440. The Balaban J connectivity index is 2.62. The van der Waals surface area contributed by atoms with Crippen molar-refractivity contribution in [2.45, 2.75) is 6.54 Å². The van der Waals surface area contributed by atoms with Crippen LogP contribution in [0.3, 0.4) is 0 Å². The number of nitrogens with two attached hydrogens (primary N) is 1. The third kappa shape index (κ3) is 2.76. The molecule has 0 saturated heterocycles. The molecule has 0 aliphatic heterocycles. The molecule has 0 unspecified atom stereocenters. The summed E-state index contributed by atoms with van der Waals surface area (Å²) >= 11 is 24.4. The zero-order valence-corrected chi connectivity index (χ0v) is 12.2. The molecule has 0 aliphatic rings. The van der Waals surface area contributed by atoms with Gasteiger partial charge in [-0.2, -0.15) is 0 Å². The van der Waals surface area contributed by atoms with Crippen LogP contribution in [0.5, 0.6) is 0 Å². The van der Waals surface area contributed by atoms with Crippen molar-refractivity contribution in [2.24, 2.45) is 5.73 Å². The lowest BCUT2D eigenvalue weighted by Crippen LogP contribution is -1.96. The average Bonchev–Trinajstić information content (AvgIpc) is 2.29. The summed E-state index contributed by atoms with van der Waals surface area (Å²) in [6.07, 6.45) is 0. The van der Waals surface area contributed by atoms with E-state index in [4.69, 9.17) is 52.1 Å². The number of hydrogen-bond acceptors (Lipinski definition) is 1. The van der Waals surface area contributed by atoms with Gasteiger partial charge in [-0.1, -0.05) is 58.5 Å². The molecule has 0 amide bonds. The van der Waals surface area contributed by atoms with Crippen LogP contribution in [0.2, 0.25) is 20.1 Å². The van der Waals surface area contributed by atoms with E-state index in [2.05, 4.69) is 0 Å². The van der Waals surface area contributed by atoms with Crippen LogP contribution in [0.25, 0.3) is 11.1 Å². The number of rotatable bonds is 2. The monoisotopic (exact) mass is 319 g/mol. The van der Waals surface area contributed by atoms with Crippen molar-refractivity contribution < 1.29 is 0 Å². The van der Waals surface area contributed by atoms with Crippen molar-refractivity contribution in [1.82, 2.24) is 0 Å². The maximum absolute atomic E-state index is 6.22. The molecular formula is C13H9Cl4N. The molecule has 2 aromatic rings. The largest absolute Gasteiger partial charge is 0.326 e. The van der Waals surface area contributed by atoms with Gasteiger partial charge in [0.2, 0.25) is 0 Å². The van der Waals surface area contributed by atoms with Crippen LogP contribution in [0.4, 0.5) is 0 Å². The first-order valence-corrected chi connectivity index (χ1v) is 6.67. The topological polar surface area (TPSA) is 26.0 Å². The molecule has 0 spiro atoms. The van der Waals surface area contributed by atoms with Crippen molar-refractivity contribution >= 4 is 46.4 Å². The highest BCUT2D eigenvalue weighted by molar-refractivity contribution is 6.43. The lowest BCUT2D eigenvalue weighted by molar-refractivity contribution is 1.07. The predicted octanol–water partition coefficient (Wildman–Crippen LogP) is 5.43. The molecule has 18 heavy (non-hydrogen) atoms. The molecule has 1 nitrogen and oxygen atoms in total. The minimum Gasteiger partial charge on any atom is -0.326 e. The van der Waals surface area contributed by atoms with E-state index in [0.717, 1.165) is 11.1 Å². The fourth-order valence-electron chi connectivity index (χ4n) is 1.69. The zero-order chi connectivity index (χ0) is 13.3. The zero-order valence-electron chi connectivity index (χ0n) is 9.18. The average molecular weight is 321 g/mol. The van der Waals surface area contributed by atoms with Crippen molar-refractivity contribution in [3.8, 4) is 11.1 Å². The molecule has 0 heterocycles. The van der Waals surface area contributed by atoms with Crippen LogP contribution in [-0.4, -0.2) is 0 Å². The van der Waals surface area contributed by atoms with Gasteiger partial charge in [0.15, 0.2) is 0 Å². The highest BCUT2D eigenvalue weighted by Gasteiger charge is 2.13. The minimum atomic E-state index is 0.433. The van der Waals surface area contributed by atoms with E-state index < -0.39 is 0 Å². The Morgan fingerprint density at radius 1 is 0.833 bits per heavy atom. The first-order valence-electron chi connectivity index (χ1n) is 5.16. The lowest BCUT2D eigenvalue weighted by atomic mass is 10.0. The Bertz CT molecular complexity index is 573. The maximum Gasteiger partial charge on any atom is 0.0514 e. The standard InChI is InChI=1S/C13H9Cl4N/c14-8-4-11(16)13(12(17)5-8)9-2-1-7(6-18)3-10(9)15/h1-5H,6,18H2. The summed E-state index contributed by atoms with van der Waals surface area (Å²) in [7, 11) is 0. The fourth-order valence-corrected chi connectivity index (χ4v) is 3.01. The second-order valence-corrected chi connectivity index (χ2v) is 5.42. The first-order chi connectivity index (χ1) is 8.52. The number of hydrogen-bond donors (Lipinski definition) is 1. The van der Waals surface area contributed by atoms with Crippen molar-refractivity contribution in [3.05, 3.63) is 56.0 Å².